The molecule has 5 nitrogen and oxygen atoms in total. The van der Waals surface area contributed by atoms with Gasteiger partial charge in [-0.15, -0.1) is 22.7 Å². The lowest BCUT2D eigenvalue weighted by Gasteiger charge is -2.35. The molecule has 0 aliphatic carbocycles. The van der Waals surface area contributed by atoms with E-state index in [-0.39, 0.29) is 5.91 Å². The van der Waals surface area contributed by atoms with Gasteiger partial charge in [-0.05, 0) is 56.1 Å². The molecule has 2 aromatic heterocycles. The average Bonchev–Trinajstić information content (AvgIpc) is 3.32. The molecular weight excluding hydrogens is 388 g/mol. The third kappa shape index (κ3) is 3.97. The van der Waals surface area contributed by atoms with Crippen molar-refractivity contribution in [2.24, 2.45) is 0 Å². The lowest BCUT2D eigenvalue weighted by Crippen LogP contribution is -2.44. The summed E-state index contributed by atoms with van der Waals surface area (Å²) < 4.78 is 0. The first-order valence-electron chi connectivity index (χ1n) is 9.38. The fourth-order valence-electron chi connectivity index (χ4n) is 3.44. The number of likely N-dealkylation sites (N-methyl/N-ethyl adjacent to an activating group) is 1. The highest BCUT2D eigenvalue weighted by Crippen LogP contribution is 2.32. The number of hydrogen-bond acceptors (Lipinski definition) is 6. The maximum absolute atomic E-state index is 12.8. The lowest BCUT2D eigenvalue weighted by atomic mass is 10.1. The summed E-state index contributed by atoms with van der Waals surface area (Å²) in [4.78, 5) is 23.9. The topological polar surface area (TPSA) is 48.5 Å². The fourth-order valence-corrected chi connectivity index (χ4v) is 5.19. The Bertz CT molecular complexity index is 972. The number of carbonyl (C=O) groups excluding carboxylic acids is 1. The van der Waals surface area contributed by atoms with Gasteiger partial charge >= 0.3 is 0 Å². The molecular formula is C21H24N4OS2. The smallest absolute Gasteiger partial charge is 0.267 e. The zero-order chi connectivity index (χ0) is 19.7. The summed E-state index contributed by atoms with van der Waals surface area (Å²) in [5.41, 5.74) is 4.03. The molecule has 0 unspecified atom stereocenters. The van der Waals surface area contributed by atoms with Crippen LogP contribution in [0.1, 0.15) is 20.9 Å². The number of aryl methyl sites for hydroxylation is 2. The van der Waals surface area contributed by atoms with Gasteiger partial charge in [-0.2, -0.15) is 0 Å². The molecule has 1 aromatic carbocycles. The van der Waals surface area contributed by atoms with Crippen molar-refractivity contribution in [1.82, 2.24) is 9.88 Å². The zero-order valence-electron chi connectivity index (χ0n) is 16.4. The molecule has 1 fully saturated rings. The van der Waals surface area contributed by atoms with Gasteiger partial charge < -0.3 is 15.1 Å². The molecule has 7 heteroatoms. The van der Waals surface area contributed by atoms with Crippen molar-refractivity contribution in [3.8, 4) is 9.88 Å². The number of benzene rings is 1. The molecule has 0 spiro atoms. The first-order valence-corrected chi connectivity index (χ1v) is 11.1. The van der Waals surface area contributed by atoms with Crippen LogP contribution in [-0.2, 0) is 0 Å². The van der Waals surface area contributed by atoms with Gasteiger partial charge in [-0.1, -0.05) is 6.07 Å². The van der Waals surface area contributed by atoms with Crippen molar-refractivity contribution < 1.29 is 4.79 Å². The van der Waals surface area contributed by atoms with Crippen LogP contribution in [0.5, 0.6) is 0 Å². The minimum absolute atomic E-state index is 0.0930. The van der Waals surface area contributed by atoms with Crippen LogP contribution < -0.4 is 10.2 Å². The Kier molecular flexibility index (Phi) is 5.48. The van der Waals surface area contributed by atoms with Gasteiger partial charge in [0.25, 0.3) is 5.91 Å². The molecule has 28 heavy (non-hydrogen) atoms. The molecule has 0 saturated carbocycles. The Morgan fingerprint density at radius 3 is 2.61 bits per heavy atom. The number of nitrogens with zero attached hydrogens (tertiary/aromatic N) is 3. The number of aromatic nitrogens is 1. The van der Waals surface area contributed by atoms with Crippen molar-refractivity contribution in [2.45, 2.75) is 13.8 Å². The maximum atomic E-state index is 12.8. The van der Waals surface area contributed by atoms with Crippen molar-refractivity contribution in [2.75, 3.05) is 43.4 Å². The molecule has 4 rings (SSSR count). The monoisotopic (exact) mass is 412 g/mol. The van der Waals surface area contributed by atoms with E-state index in [2.05, 4.69) is 46.2 Å². The zero-order valence-corrected chi connectivity index (χ0v) is 18.0. The van der Waals surface area contributed by atoms with E-state index in [9.17, 15) is 4.79 Å². The summed E-state index contributed by atoms with van der Waals surface area (Å²) in [7, 11) is 2.16. The number of piperazine rings is 1. The average molecular weight is 413 g/mol. The Labute approximate surface area is 173 Å². The molecule has 3 aromatic rings. The summed E-state index contributed by atoms with van der Waals surface area (Å²) >= 11 is 3.09. The summed E-state index contributed by atoms with van der Waals surface area (Å²) in [5.74, 6) is -0.0930. The van der Waals surface area contributed by atoms with Crippen LogP contribution in [0.2, 0.25) is 0 Å². The van der Waals surface area contributed by atoms with Crippen LogP contribution in [0.3, 0.4) is 0 Å². The Balaban J connectivity index is 1.48. The summed E-state index contributed by atoms with van der Waals surface area (Å²) in [6.07, 6.45) is 0. The summed E-state index contributed by atoms with van der Waals surface area (Å²) in [5, 5.41) is 5.97. The normalized spacial score (nSPS) is 15.0. The van der Waals surface area contributed by atoms with Gasteiger partial charge in [0.05, 0.1) is 10.6 Å². The van der Waals surface area contributed by atoms with Crippen LogP contribution >= 0.6 is 22.7 Å². The van der Waals surface area contributed by atoms with Gasteiger partial charge in [0.1, 0.15) is 9.88 Å². The van der Waals surface area contributed by atoms with Crippen molar-refractivity contribution in [3.05, 3.63) is 51.8 Å². The molecule has 0 atom stereocenters. The van der Waals surface area contributed by atoms with E-state index in [1.807, 2.05) is 30.5 Å². The second-order valence-electron chi connectivity index (χ2n) is 7.16. The number of thiophene rings is 1. The predicted molar refractivity (Wildman–Crippen MR) is 119 cm³/mol. The highest BCUT2D eigenvalue weighted by molar-refractivity contribution is 7.22. The summed E-state index contributed by atoms with van der Waals surface area (Å²) in [6.45, 7) is 8.23. The predicted octanol–water partition coefficient (Wildman–Crippen LogP) is 4.49. The van der Waals surface area contributed by atoms with E-state index in [4.69, 9.17) is 0 Å². The van der Waals surface area contributed by atoms with E-state index in [0.29, 0.717) is 4.88 Å². The minimum atomic E-state index is -0.0930. The number of anilines is 2. The molecule has 146 valence electrons. The fraction of sp³-hybridized carbons (Fsp3) is 0.333. The van der Waals surface area contributed by atoms with Crippen LogP contribution in [0, 0.1) is 13.8 Å². The number of carbonyl (C=O) groups is 1. The molecule has 0 bridgehead atoms. The molecule has 3 heterocycles. The van der Waals surface area contributed by atoms with Gasteiger partial charge in [-0.25, -0.2) is 4.98 Å². The van der Waals surface area contributed by atoms with Crippen LogP contribution in [-0.4, -0.2) is 49.0 Å². The standard InChI is InChI=1S/C21H24N4OS2/c1-14-13-16(6-7-17(14)25-10-8-24(3)9-11-25)23-20(26)19-15(2)22-21(28-19)18-5-4-12-27-18/h4-7,12-13H,8-11H2,1-3H3,(H,23,26). The highest BCUT2D eigenvalue weighted by Gasteiger charge is 2.19. The lowest BCUT2D eigenvalue weighted by molar-refractivity contribution is 0.103. The van der Waals surface area contributed by atoms with Crippen LogP contribution in [0.4, 0.5) is 11.4 Å². The van der Waals surface area contributed by atoms with E-state index in [1.54, 1.807) is 11.3 Å². The molecule has 1 amide bonds. The third-order valence-corrected chi connectivity index (χ3v) is 7.23. The number of amides is 1. The Morgan fingerprint density at radius 2 is 1.93 bits per heavy atom. The van der Waals surface area contributed by atoms with E-state index < -0.39 is 0 Å². The number of thiazole rings is 1. The van der Waals surface area contributed by atoms with E-state index in [0.717, 1.165) is 47.4 Å². The third-order valence-electron chi connectivity index (χ3n) is 5.03. The minimum Gasteiger partial charge on any atom is -0.369 e. The maximum Gasteiger partial charge on any atom is 0.267 e. The van der Waals surface area contributed by atoms with Crippen molar-refractivity contribution in [3.63, 3.8) is 0 Å². The molecule has 0 radical (unpaired) electrons. The van der Waals surface area contributed by atoms with Crippen LogP contribution in [0.25, 0.3) is 9.88 Å². The Hall–Kier alpha value is -2.22. The first kappa shape index (κ1) is 19.1. The van der Waals surface area contributed by atoms with Gasteiger partial charge in [0.15, 0.2) is 0 Å². The largest absolute Gasteiger partial charge is 0.369 e. The highest BCUT2D eigenvalue weighted by atomic mass is 32.1. The van der Waals surface area contributed by atoms with Gasteiger partial charge in [-0.3, -0.25) is 4.79 Å². The van der Waals surface area contributed by atoms with Gasteiger partial charge in [0, 0.05) is 37.6 Å². The van der Waals surface area contributed by atoms with Crippen molar-refractivity contribution in [1.29, 1.82) is 0 Å². The van der Waals surface area contributed by atoms with E-state index in [1.165, 1.54) is 22.6 Å². The number of nitrogens with one attached hydrogen (secondary N) is 1. The second-order valence-corrected chi connectivity index (χ2v) is 9.10. The first-order chi connectivity index (χ1) is 13.5. The molecule has 1 aliphatic heterocycles. The SMILES string of the molecule is Cc1cc(NC(=O)c2sc(-c3cccs3)nc2C)ccc1N1CCN(C)CC1. The van der Waals surface area contributed by atoms with E-state index >= 15 is 0 Å². The van der Waals surface area contributed by atoms with Crippen molar-refractivity contribution >= 4 is 40.0 Å². The summed E-state index contributed by atoms with van der Waals surface area (Å²) in [6, 6.07) is 10.2. The molecule has 1 aliphatic rings. The second kappa shape index (κ2) is 8.03. The Morgan fingerprint density at radius 1 is 1.14 bits per heavy atom. The van der Waals surface area contributed by atoms with Gasteiger partial charge in [0.2, 0.25) is 0 Å². The number of rotatable bonds is 4. The van der Waals surface area contributed by atoms with Crippen LogP contribution in [0.15, 0.2) is 35.7 Å². The molecule has 1 N–H and O–H groups in total. The quantitative estimate of drug-likeness (QED) is 0.686. The number of hydrogen-bond donors (Lipinski definition) is 1. The molecule has 1 saturated heterocycles.